The maximum Gasteiger partial charge on any atom is 0.419 e. The highest BCUT2D eigenvalue weighted by Crippen LogP contribution is 2.36. The second-order valence-corrected chi connectivity index (χ2v) is 11.3. The first-order chi connectivity index (χ1) is 17.3. The van der Waals surface area contributed by atoms with Gasteiger partial charge in [-0.3, -0.25) is 4.79 Å². The van der Waals surface area contributed by atoms with Crippen molar-refractivity contribution in [3.63, 3.8) is 0 Å². The molecule has 37 heavy (non-hydrogen) atoms. The predicted octanol–water partition coefficient (Wildman–Crippen LogP) is 6.39. The molecule has 0 fully saturated rings. The number of anilines is 1. The third-order valence-corrected chi connectivity index (χ3v) is 8.83. The molecule has 0 atom stereocenters. The van der Waals surface area contributed by atoms with Crippen LogP contribution >= 0.6 is 23.2 Å². The number of alkyl halides is 3. The highest BCUT2D eigenvalue weighted by atomic mass is 35.5. The van der Waals surface area contributed by atoms with Crippen molar-refractivity contribution >= 4 is 44.8 Å². The van der Waals surface area contributed by atoms with Crippen molar-refractivity contribution in [3.8, 4) is 0 Å². The molecular weight excluding hydrogens is 555 g/mol. The summed E-state index contributed by atoms with van der Waals surface area (Å²) in [7, 11) is -3.85. The molecule has 1 aliphatic rings. The summed E-state index contributed by atoms with van der Waals surface area (Å²) in [5.74, 6) is -2.08. The number of sulfonamides is 1. The smallest absolute Gasteiger partial charge is 0.324 e. The number of carbonyl (C=O) groups is 1. The largest absolute Gasteiger partial charge is 0.419 e. The van der Waals surface area contributed by atoms with Crippen LogP contribution in [-0.2, 0) is 40.4 Å². The zero-order chi connectivity index (χ0) is 27.1. The van der Waals surface area contributed by atoms with Gasteiger partial charge in [-0.25, -0.2) is 12.8 Å². The minimum Gasteiger partial charge on any atom is -0.324 e. The van der Waals surface area contributed by atoms with E-state index in [9.17, 15) is 30.8 Å². The second kappa shape index (κ2) is 10.2. The van der Waals surface area contributed by atoms with Gasteiger partial charge in [0.2, 0.25) is 15.9 Å². The molecule has 1 N–H and O–H groups in total. The SMILES string of the molecule is Cc1c(Cl)cccc1S(=O)(=O)N1CCc2c(ccc(Cl)c2NC(=O)Cc2ccc(C(F)(F)F)c(F)c2)C1. The number of nitrogens with zero attached hydrogens (tertiary/aromatic N) is 1. The minimum atomic E-state index is -4.84. The van der Waals surface area contributed by atoms with Crippen LogP contribution in [0, 0.1) is 12.7 Å². The average Bonchev–Trinajstić information content (AvgIpc) is 2.81. The van der Waals surface area contributed by atoms with E-state index in [0.717, 1.165) is 6.07 Å². The van der Waals surface area contributed by atoms with Gasteiger partial charge in [-0.2, -0.15) is 17.5 Å². The Hall–Kier alpha value is -2.66. The third kappa shape index (κ3) is 5.62. The van der Waals surface area contributed by atoms with Gasteiger partial charge in [0.15, 0.2) is 0 Å². The standard InChI is InChI=1S/C25H20Cl2F4N2O3S/c1-14-19(26)3-2-4-22(14)37(35,36)33-10-9-17-16(13-33)6-8-20(27)24(17)32-23(34)12-15-5-7-18(21(28)11-15)25(29,30)31/h2-8,11H,9-10,12-13H2,1H3,(H,32,34). The Balaban J connectivity index is 1.54. The first-order valence-corrected chi connectivity index (χ1v) is 13.2. The number of hydrogen-bond donors (Lipinski definition) is 1. The quantitative estimate of drug-likeness (QED) is 0.359. The van der Waals surface area contributed by atoms with Crippen molar-refractivity contribution in [1.82, 2.24) is 4.31 Å². The highest BCUT2D eigenvalue weighted by molar-refractivity contribution is 7.89. The zero-order valence-electron chi connectivity index (χ0n) is 19.3. The molecule has 0 aromatic heterocycles. The van der Waals surface area contributed by atoms with E-state index >= 15 is 0 Å². The summed E-state index contributed by atoms with van der Waals surface area (Å²) in [4.78, 5) is 12.8. The molecule has 0 spiro atoms. The van der Waals surface area contributed by atoms with Gasteiger partial charge in [-0.1, -0.05) is 41.4 Å². The maximum absolute atomic E-state index is 13.9. The molecule has 4 rings (SSSR count). The van der Waals surface area contributed by atoms with Gasteiger partial charge in [0.1, 0.15) is 5.82 Å². The summed E-state index contributed by atoms with van der Waals surface area (Å²) < 4.78 is 80.1. The van der Waals surface area contributed by atoms with Crippen molar-refractivity contribution in [1.29, 1.82) is 0 Å². The van der Waals surface area contributed by atoms with E-state index in [2.05, 4.69) is 5.32 Å². The first-order valence-electron chi connectivity index (χ1n) is 11.0. The fraction of sp³-hybridized carbons (Fsp3) is 0.240. The first kappa shape index (κ1) is 27.4. The summed E-state index contributed by atoms with van der Waals surface area (Å²) in [5, 5.41) is 3.20. The van der Waals surface area contributed by atoms with Crippen molar-refractivity contribution in [2.24, 2.45) is 0 Å². The molecule has 0 radical (unpaired) electrons. The van der Waals surface area contributed by atoms with Crippen molar-refractivity contribution in [3.05, 3.63) is 92.2 Å². The molecule has 1 amide bonds. The Morgan fingerprint density at radius 2 is 1.81 bits per heavy atom. The predicted molar refractivity (Wildman–Crippen MR) is 133 cm³/mol. The van der Waals surface area contributed by atoms with E-state index in [1.165, 1.54) is 16.4 Å². The van der Waals surface area contributed by atoms with Crippen LogP contribution in [0.1, 0.15) is 27.8 Å². The van der Waals surface area contributed by atoms with E-state index in [1.54, 1.807) is 25.1 Å². The van der Waals surface area contributed by atoms with Crippen LogP contribution in [0.25, 0.3) is 0 Å². The molecule has 0 bridgehead atoms. The summed E-state index contributed by atoms with van der Waals surface area (Å²) in [5.41, 5.74) is 0.650. The van der Waals surface area contributed by atoms with E-state index in [0.29, 0.717) is 33.8 Å². The van der Waals surface area contributed by atoms with Crippen LogP contribution in [0.4, 0.5) is 23.2 Å². The molecular formula is C25H20Cl2F4N2O3S. The Bertz CT molecular complexity index is 1490. The lowest BCUT2D eigenvalue weighted by molar-refractivity contribution is -0.140. The lowest BCUT2D eigenvalue weighted by atomic mass is 9.98. The monoisotopic (exact) mass is 574 g/mol. The summed E-state index contributed by atoms with van der Waals surface area (Å²) in [6.07, 6.45) is -4.98. The second-order valence-electron chi connectivity index (χ2n) is 8.55. The Morgan fingerprint density at radius 1 is 1.08 bits per heavy atom. The van der Waals surface area contributed by atoms with E-state index in [-0.39, 0.29) is 47.1 Å². The topological polar surface area (TPSA) is 66.5 Å². The minimum absolute atomic E-state index is 0.0355. The van der Waals surface area contributed by atoms with Gasteiger partial charge in [0, 0.05) is 18.1 Å². The maximum atomic E-state index is 13.9. The summed E-state index contributed by atoms with van der Waals surface area (Å²) in [6.45, 7) is 1.78. The molecule has 0 saturated carbocycles. The summed E-state index contributed by atoms with van der Waals surface area (Å²) in [6, 6.07) is 10.2. The molecule has 1 aliphatic heterocycles. The number of nitrogens with one attached hydrogen (secondary N) is 1. The number of rotatable bonds is 5. The number of fused-ring (bicyclic) bond motifs is 1. The molecule has 3 aromatic rings. The average molecular weight is 575 g/mol. The lowest BCUT2D eigenvalue weighted by Crippen LogP contribution is -2.36. The van der Waals surface area contributed by atoms with Gasteiger partial charge in [0.05, 0.1) is 27.6 Å². The fourth-order valence-corrected chi connectivity index (χ4v) is 6.34. The van der Waals surface area contributed by atoms with E-state index < -0.39 is 33.5 Å². The van der Waals surface area contributed by atoms with Gasteiger partial charge >= 0.3 is 6.18 Å². The zero-order valence-corrected chi connectivity index (χ0v) is 21.6. The van der Waals surface area contributed by atoms with E-state index in [4.69, 9.17) is 23.2 Å². The van der Waals surface area contributed by atoms with Crippen LogP contribution in [0.2, 0.25) is 10.0 Å². The number of halogens is 6. The number of carbonyl (C=O) groups excluding carboxylic acids is 1. The van der Waals surface area contributed by atoms with Gasteiger partial charge in [-0.15, -0.1) is 0 Å². The van der Waals surface area contributed by atoms with Crippen LogP contribution in [0.5, 0.6) is 0 Å². The fourth-order valence-electron chi connectivity index (χ4n) is 4.22. The van der Waals surface area contributed by atoms with Crippen molar-refractivity contribution in [2.45, 2.75) is 37.4 Å². The Labute approximate surface area is 221 Å². The third-order valence-electron chi connectivity index (χ3n) is 6.12. The van der Waals surface area contributed by atoms with Crippen LogP contribution < -0.4 is 5.32 Å². The number of hydrogen-bond acceptors (Lipinski definition) is 3. The lowest BCUT2D eigenvalue weighted by Gasteiger charge is -2.30. The van der Waals surface area contributed by atoms with Crippen molar-refractivity contribution in [2.75, 3.05) is 11.9 Å². The number of amides is 1. The van der Waals surface area contributed by atoms with Crippen LogP contribution in [-0.4, -0.2) is 25.2 Å². The van der Waals surface area contributed by atoms with Gasteiger partial charge in [0.25, 0.3) is 0 Å². The van der Waals surface area contributed by atoms with Crippen LogP contribution in [0.15, 0.2) is 53.4 Å². The normalized spacial score (nSPS) is 14.4. The Morgan fingerprint density at radius 3 is 2.49 bits per heavy atom. The highest BCUT2D eigenvalue weighted by Gasteiger charge is 2.34. The van der Waals surface area contributed by atoms with E-state index in [1.807, 2.05) is 0 Å². The van der Waals surface area contributed by atoms with Crippen LogP contribution in [0.3, 0.4) is 0 Å². The molecule has 0 aliphatic carbocycles. The Kier molecular flexibility index (Phi) is 7.58. The molecule has 0 saturated heterocycles. The molecule has 1 heterocycles. The molecule has 5 nitrogen and oxygen atoms in total. The summed E-state index contributed by atoms with van der Waals surface area (Å²) >= 11 is 12.4. The molecule has 196 valence electrons. The molecule has 3 aromatic carbocycles. The van der Waals surface area contributed by atoms with Gasteiger partial charge < -0.3 is 5.32 Å². The molecule has 0 unspecified atom stereocenters. The molecule has 12 heteroatoms. The number of benzene rings is 3. The van der Waals surface area contributed by atoms with Gasteiger partial charge in [-0.05, 0) is 65.9 Å². The van der Waals surface area contributed by atoms with Crippen molar-refractivity contribution < 1.29 is 30.8 Å².